The molecule has 0 aromatic heterocycles. The SMILES string of the molecule is CN(CC#N)C(C#N)c1ccccc1. The molecule has 0 saturated carbocycles. The fourth-order valence-electron chi connectivity index (χ4n) is 1.27. The lowest BCUT2D eigenvalue weighted by atomic mass is 10.1. The van der Waals surface area contributed by atoms with Gasteiger partial charge in [-0.25, -0.2) is 0 Å². The molecule has 0 saturated heterocycles. The fourth-order valence-corrected chi connectivity index (χ4v) is 1.27. The Labute approximate surface area is 83.8 Å². The highest BCUT2D eigenvalue weighted by Gasteiger charge is 2.14. The highest BCUT2D eigenvalue weighted by atomic mass is 15.1. The molecule has 14 heavy (non-hydrogen) atoms. The maximum Gasteiger partial charge on any atom is 0.124 e. The van der Waals surface area contributed by atoms with Crippen LogP contribution >= 0.6 is 0 Å². The van der Waals surface area contributed by atoms with Gasteiger partial charge in [-0.1, -0.05) is 30.3 Å². The Kier molecular flexibility index (Phi) is 3.67. The maximum atomic E-state index is 8.98. The Morgan fingerprint density at radius 3 is 2.43 bits per heavy atom. The number of hydrogen-bond donors (Lipinski definition) is 0. The van der Waals surface area contributed by atoms with E-state index in [0.29, 0.717) is 0 Å². The fraction of sp³-hybridized carbons (Fsp3) is 0.273. The molecule has 1 aromatic carbocycles. The van der Waals surface area contributed by atoms with Crippen molar-refractivity contribution in [3.63, 3.8) is 0 Å². The van der Waals surface area contributed by atoms with Crippen molar-refractivity contribution in [2.24, 2.45) is 0 Å². The second-order valence-electron chi connectivity index (χ2n) is 3.02. The van der Waals surface area contributed by atoms with E-state index < -0.39 is 0 Å². The molecule has 70 valence electrons. The minimum absolute atomic E-state index is 0.257. The van der Waals surface area contributed by atoms with Gasteiger partial charge in [0.15, 0.2) is 0 Å². The number of rotatable bonds is 3. The van der Waals surface area contributed by atoms with E-state index in [9.17, 15) is 0 Å². The van der Waals surface area contributed by atoms with Gasteiger partial charge in [-0.15, -0.1) is 0 Å². The third-order valence-corrected chi connectivity index (χ3v) is 2.00. The van der Waals surface area contributed by atoms with Gasteiger partial charge in [0.25, 0.3) is 0 Å². The maximum absolute atomic E-state index is 8.98. The van der Waals surface area contributed by atoms with E-state index in [0.717, 1.165) is 5.56 Å². The molecule has 0 aliphatic heterocycles. The topological polar surface area (TPSA) is 50.8 Å². The first kappa shape index (κ1) is 10.2. The van der Waals surface area contributed by atoms with Crippen LogP contribution in [0.1, 0.15) is 11.6 Å². The van der Waals surface area contributed by atoms with Gasteiger partial charge in [0.2, 0.25) is 0 Å². The molecule has 0 amide bonds. The van der Waals surface area contributed by atoms with E-state index in [2.05, 4.69) is 6.07 Å². The molecule has 1 rings (SSSR count). The molecular formula is C11H11N3. The van der Waals surface area contributed by atoms with Crippen LogP contribution in [0.15, 0.2) is 30.3 Å². The Balaban J connectivity index is 2.85. The lowest BCUT2D eigenvalue weighted by Crippen LogP contribution is -2.23. The average Bonchev–Trinajstić information content (AvgIpc) is 2.21. The van der Waals surface area contributed by atoms with Crippen molar-refractivity contribution in [3.8, 4) is 12.1 Å². The number of nitriles is 2. The van der Waals surface area contributed by atoms with Gasteiger partial charge in [-0.2, -0.15) is 10.5 Å². The van der Waals surface area contributed by atoms with E-state index in [4.69, 9.17) is 10.5 Å². The average molecular weight is 185 g/mol. The summed E-state index contributed by atoms with van der Waals surface area (Å²) in [7, 11) is 1.77. The Morgan fingerprint density at radius 2 is 1.93 bits per heavy atom. The minimum Gasteiger partial charge on any atom is -0.274 e. The molecule has 1 unspecified atom stereocenters. The van der Waals surface area contributed by atoms with Crippen LogP contribution in [0.25, 0.3) is 0 Å². The smallest absolute Gasteiger partial charge is 0.124 e. The summed E-state index contributed by atoms with van der Waals surface area (Å²) in [6.07, 6.45) is 0. The van der Waals surface area contributed by atoms with Crippen LogP contribution in [-0.2, 0) is 0 Å². The van der Waals surface area contributed by atoms with E-state index in [1.807, 2.05) is 36.4 Å². The van der Waals surface area contributed by atoms with Crippen molar-refractivity contribution in [2.75, 3.05) is 13.6 Å². The second kappa shape index (κ2) is 5.01. The molecule has 0 radical (unpaired) electrons. The van der Waals surface area contributed by atoms with Crippen molar-refractivity contribution in [1.29, 1.82) is 10.5 Å². The van der Waals surface area contributed by atoms with Crippen LogP contribution in [0.2, 0.25) is 0 Å². The molecule has 0 fully saturated rings. The molecule has 0 aliphatic carbocycles. The third-order valence-electron chi connectivity index (χ3n) is 2.00. The summed E-state index contributed by atoms with van der Waals surface area (Å²) in [4.78, 5) is 1.72. The minimum atomic E-state index is -0.337. The van der Waals surface area contributed by atoms with Crippen molar-refractivity contribution in [3.05, 3.63) is 35.9 Å². The molecule has 1 aromatic rings. The van der Waals surface area contributed by atoms with Gasteiger partial charge >= 0.3 is 0 Å². The quantitative estimate of drug-likeness (QED) is 0.673. The van der Waals surface area contributed by atoms with Gasteiger partial charge in [0.05, 0.1) is 18.7 Å². The van der Waals surface area contributed by atoms with Gasteiger partial charge < -0.3 is 0 Å². The van der Waals surface area contributed by atoms with E-state index >= 15 is 0 Å². The van der Waals surface area contributed by atoms with Gasteiger partial charge in [0.1, 0.15) is 6.04 Å². The highest BCUT2D eigenvalue weighted by molar-refractivity contribution is 5.24. The molecular weight excluding hydrogens is 174 g/mol. The summed E-state index contributed by atoms with van der Waals surface area (Å²) in [5, 5.41) is 17.5. The molecule has 0 N–H and O–H groups in total. The van der Waals surface area contributed by atoms with E-state index in [-0.39, 0.29) is 12.6 Å². The number of benzene rings is 1. The molecule has 1 atom stereocenters. The normalized spacial score (nSPS) is 11.7. The van der Waals surface area contributed by atoms with E-state index in [1.165, 1.54) is 0 Å². The summed E-state index contributed by atoms with van der Waals surface area (Å²) in [5.41, 5.74) is 0.924. The molecule has 0 spiro atoms. The first-order valence-electron chi connectivity index (χ1n) is 4.31. The summed E-state index contributed by atoms with van der Waals surface area (Å²) in [5.74, 6) is 0. The predicted molar refractivity (Wildman–Crippen MR) is 53.0 cm³/mol. The Hall–Kier alpha value is -1.84. The molecule has 3 heteroatoms. The van der Waals surface area contributed by atoms with E-state index in [1.54, 1.807) is 11.9 Å². The van der Waals surface area contributed by atoms with Crippen molar-refractivity contribution < 1.29 is 0 Å². The largest absolute Gasteiger partial charge is 0.274 e. The first-order valence-corrected chi connectivity index (χ1v) is 4.31. The zero-order valence-electron chi connectivity index (χ0n) is 8.01. The predicted octanol–water partition coefficient (Wildman–Crippen LogP) is 1.71. The van der Waals surface area contributed by atoms with Gasteiger partial charge in [-0.05, 0) is 12.6 Å². The van der Waals surface area contributed by atoms with Crippen LogP contribution in [0.5, 0.6) is 0 Å². The molecule has 3 nitrogen and oxygen atoms in total. The van der Waals surface area contributed by atoms with Crippen molar-refractivity contribution in [1.82, 2.24) is 4.90 Å². The summed E-state index contributed by atoms with van der Waals surface area (Å²) in [6, 6.07) is 13.3. The standard InChI is InChI=1S/C11H11N3/c1-14(8-7-12)11(9-13)10-5-3-2-4-6-10/h2-6,11H,8H2,1H3. The lowest BCUT2D eigenvalue weighted by molar-refractivity contribution is 0.327. The monoisotopic (exact) mass is 185 g/mol. The van der Waals surface area contributed by atoms with Crippen LogP contribution in [0, 0.1) is 22.7 Å². The number of nitrogens with zero attached hydrogens (tertiary/aromatic N) is 3. The van der Waals surface area contributed by atoms with Crippen LogP contribution in [0.3, 0.4) is 0 Å². The molecule has 0 heterocycles. The summed E-state index contributed by atoms with van der Waals surface area (Å²) < 4.78 is 0. The Morgan fingerprint density at radius 1 is 1.29 bits per heavy atom. The molecule has 0 bridgehead atoms. The zero-order chi connectivity index (χ0) is 10.4. The third kappa shape index (κ3) is 2.32. The lowest BCUT2D eigenvalue weighted by Gasteiger charge is -2.19. The first-order chi connectivity index (χ1) is 6.79. The van der Waals surface area contributed by atoms with Crippen LogP contribution in [-0.4, -0.2) is 18.5 Å². The van der Waals surface area contributed by atoms with Gasteiger partial charge in [0, 0.05) is 0 Å². The van der Waals surface area contributed by atoms with Crippen LogP contribution in [0.4, 0.5) is 0 Å². The number of hydrogen-bond acceptors (Lipinski definition) is 3. The molecule has 0 aliphatic rings. The highest BCUT2D eigenvalue weighted by Crippen LogP contribution is 2.17. The zero-order valence-corrected chi connectivity index (χ0v) is 8.01. The van der Waals surface area contributed by atoms with Crippen molar-refractivity contribution in [2.45, 2.75) is 6.04 Å². The second-order valence-corrected chi connectivity index (χ2v) is 3.02. The van der Waals surface area contributed by atoms with Crippen LogP contribution < -0.4 is 0 Å². The Bertz CT molecular complexity index is 358. The van der Waals surface area contributed by atoms with Gasteiger partial charge in [-0.3, -0.25) is 4.90 Å². The summed E-state index contributed by atoms with van der Waals surface area (Å²) in [6.45, 7) is 0.257. The summed E-state index contributed by atoms with van der Waals surface area (Å²) >= 11 is 0. The van der Waals surface area contributed by atoms with Crippen molar-refractivity contribution >= 4 is 0 Å².